The minimum Gasteiger partial charge on any atom is -0.349 e. The Morgan fingerprint density at radius 2 is 1.96 bits per heavy atom. The zero-order valence-electron chi connectivity index (χ0n) is 14.9. The van der Waals surface area contributed by atoms with Crippen LogP contribution in [0, 0.1) is 18.8 Å². The molecule has 1 amide bonds. The van der Waals surface area contributed by atoms with Crippen LogP contribution in [-0.2, 0) is 0 Å². The van der Waals surface area contributed by atoms with Crippen LogP contribution in [0.5, 0.6) is 0 Å². The molecule has 0 radical (unpaired) electrons. The molecule has 2 unspecified atom stereocenters. The van der Waals surface area contributed by atoms with E-state index < -0.39 is 0 Å². The molecule has 2 saturated carbocycles. The highest BCUT2D eigenvalue weighted by Crippen LogP contribution is 2.39. The minimum atomic E-state index is -0.316. The van der Waals surface area contributed by atoms with E-state index in [1.165, 1.54) is 17.0 Å². The van der Waals surface area contributed by atoms with Crippen LogP contribution >= 0.6 is 12.4 Å². The molecule has 6 nitrogen and oxygen atoms in total. The van der Waals surface area contributed by atoms with E-state index in [2.05, 4.69) is 10.3 Å². The van der Waals surface area contributed by atoms with E-state index in [-0.39, 0.29) is 41.5 Å². The number of carbonyl (C=O) groups excluding carboxylic acids is 1. The van der Waals surface area contributed by atoms with Gasteiger partial charge in [-0.3, -0.25) is 14.0 Å². The maximum atomic E-state index is 12.8. The third kappa shape index (κ3) is 3.35. The van der Waals surface area contributed by atoms with Gasteiger partial charge in [-0.1, -0.05) is 12.5 Å². The number of aromatic nitrogens is 2. The summed E-state index contributed by atoms with van der Waals surface area (Å²) in [5.74, 6) is 0.528. The summed E-state index contributed by atoms with van der Waals surface area (Å²) in [6.45, 7) is 1.91. The summed E-state index contributed by atoms with van der Waals surface area (Å²) >= 11 is 0. The van der Waals surface area contributed by atoms with Crippen LogP contribution in [0.15, 0.2) is 29.3 Å². The lowest BCUT2D eigenvalue weighted by atomic mass is 9.67. The molecule has 140 valence electrons. The Morgan fingerprint density at radius 3 is 2.65 bits per heavy atom. The van der Waals surface area contributed by atoms with Crippen LogP contribution in [0.1, 0.15) is 48.0 Å². The third-order valence-corrected chi connectivity index (χ3v) is 5.77. The first-order valence-electron chi connectivity index (χ1n) is 9.07. The number of pyridine rings is 1. The molecule has 26 heavy (non-hydrogen) atoms. The molecule has 2 bridgehead atoms. The van der Waals surface area contributed by atoms with Gasteiger partial charge in [0.15, 0.2) is 0 Å². The van der Waals surface area contributed by atoms with Crippen molar-refractivity contribution < 1.29 is 4.79 Å². The van der Waals surface area contributed by atoms with E-state index in [1.54, 1.807) is 12.3 Å². The predicted molar refractivity (Wildman–Crippen MR) is 103 cm³/mol. The van der Waals surface area contributed by atoms with Crippen molar-refractivity contribution in [2.45, 2.75) is 51.1 Å². The lowest BCUT2D eigenvalue weighted by Gasteiger charge is -2.45. The summed E-state index contributed by atoms with van der Waals surface area (Å²) in [4.78, 5) is 29.7. The van der Waals surface area contributed by atoms with Crippen molar-refractivity contribution >= 4 is 24.0 Å². The Balaban J connectivity index is 0.00000196. The van der Waals surface area contributed by atoms with Gasteiger partial charge in [-0.25, -0.2) is 4.98 Å². The Labute approximate surface area is 158 Å². The maximum Gasteiger partial charge on any atom is 0.270 e. The summed E-state index contributed by atoms with van der Waals surface area (Å²) in [7, 11) is 0. The number of hydrogen-bond acceptors (Lipinski definition) is 4. The SMILES string of the molecule is Cc1ccc2ncc(C(=O)NC3C4CCCC3CC(N)C4)c(=O)n2c1.Cl. The van der Waals surface area contributed by atoms with Crippen LogP contribution in [0.4, 0.5) is 0 Å². The van der Waals surface area contributed by atoms with Crippen LogP contribution in [0.25, 0.3) is 5.65 Å². The standard InChI is InChI=1S/C19H24N4O2.ClH/c1-11-5-6-16-21-9-15(19(25)23(16)10-11)18(24)22-17-12-3-2-4-13(17)8-14(20)7-12;/h5-6,9-10,12-14,17H,2-4,7-8,20H2,1H3,(H,22,24);1H. The summed E-state index contributed by atoms with van der Waals surface area (Å²) in [5, 5.41) is 3.13. The van der Waals surface area contributed by atoms with Gasteiger partial charge in [0.05, 0.1) is 0 Å². The molecule has 0 aliphatic heterocycles. The fourth-order valence-electron chi connectivity index (χ4n) is 4.59. The summed E-state index contributed by atoms with van der Waals surface area (Å²) < 4.78 is 1.45. The maximum absolute atomic E-state index is 12.8. The molecule has 2 atom stereocenters. The molecule has 2 aliphatic rings. The topological polar surface area (TPSA) is 89.5 Å². The second kappa shape index (κ2) is 7.37. The fraction of sp³-hybridized carbons (Fsp3) is 0.526. The molecule has 2 aliphatic carbocycles. The van der Waals surface area contributed by atoms with Crippen LogP contribution < -0.4 is 16.6 Å². The highest BCUT2D eigenvalue weighted by molar-refractivity contribution is 5.94. The highest BCUT2D eigenvalue weighted by atomic mass is 35.5. The fourth-order valence-corrected chi connectivity index (χ4v) is 4.59. The average molecular weight is 377 g/mol. The van der Waals surface area contributed by atoms with E-state index in [0.717, 1.165) is 31.2 Å². The van der Waals surface area contributed by atoms with Crippen LogP contribution in [0.2, 0.25) is 0 Å². The van der Waals surface area contributed by atoms with Gasteiger partial charge >= 0.3 is 0 Å². The van der Waals surface area contributed by atoms with Gasteiger partial charge in [0.25, 0.3) is 11.5 Å². The van der Waals surface area contributed by atoms with Crippen molar-refractivity contribution in [1.29, 1.82) is 0 Å². The summed E-state index contributed by atoms with van der Waals surface area (Å²) in [6, 6.07) is 4.04. The number of nitrogens with zero attached hydrogens (tertiary/aromatic N) is 2. The second-order valence-corrected chi connectivity index (χ2v) is 7.59. The monoisotopic (exact) mass is 376 g/mol. The number of halogens is 1. The molecule has 0 aromatic carbocycles. The normalized spacial score (nSPS) is 27.6. The molecule has 2 aromatic rings. The molecule has 0 spiro atoms. The van der Waals surface area contributed by atoms with Gasteiger partial charge in [0.1, 0.15) is 11.2 Å². The number of rotatable bonds is 2. The zero-order valence-corrected chi connectivity index (χ0v) is 15.7. The average Bonchev–Trinajstić information content (AvgIpc) is 2.56. The molecule has 4 rings (SSSR count). The molecule has 2 heterocycles. The van der Waals surface area contributed by atoms with Crippen molar-refractivity contribution in [2.24, 2.45) is 17.6 Å². The molecule has 7 heteroatoms. The van der Waals surface area contributed by atoms with Gasteiger partial charge in [0.2, 0.25) is 0 Å². The van der Waals surface area contributed by atoms with Crippen LogP contribution in [-0.4, -0.2) is 27.4 Å². The number of aryl methyl sites for hydroxylation is 1. The number of carbonyl (C=O) groups is 1. The van der Waals surface area contributed by atoms with Crippen LogP contribution in [0.3, 0.4) is 0 Å². The summed E-state index contributed by atoms with van der Waals surface area (Å²) in [6.07, 6.45) is 8.42. The number of hydrogen-bond donors (Lipinski definition) is 2. The molecular weight excluding hydrogens is 352 g/mol. The van der Waals surface area contributed by atoms with E-state index in [1.807, 2.05) is 13.0 Å². The van der Waals surface area contributed by atoms with E-state index >= 15 is 0 Å². The van der Waals surface area contributed by atoms with Crippen molar-refractivity contribution in [3.8, 4) is 0 Å². The first-order valence-corrected chi connectivity index (χ1v) is 9.07. The Kier molecular flexibility index (Phi) is 5.34. The van der Waals surface area contributed by atoms with Gasteiger partial charge in [-0.15, -0.1) is 12.4 Å². The van der Waals surface area contributed by atoms with Crippen molar-refractivity contribution in [3.63, 3.8) is 0 Å². The van der Waals surface area contributed by atoms with E-state index in [4.69, 9.17) is 5.73 Å². The first kappa shape index (κ1) is 18.9. The lowest BCUT2D eigenvalue weighted by molar-refractivity contribution is 0.0754. The number of nitrogens with two attached hydrogens (primary N) is 1. The molecule has 2 fully saturated rings. The Morgan fingerprint density at radius 1 is 1.27 bits per heavy atom. The second-order valence-electron chi connectivity index (χ2n) is 7.59. The molecule has 3 N–H and O–H groups in total. The predicted octanol–water partition coefficient (Wildman–Crippen LogP) is 2.06. The molecular formula is C19H25ClN4O2. The van der Waals surface area contributed by atoms with Gasteiger partial charge in [-0.2, -0.15) is 0 Å². The quantitative estimate of drug-likeness (QED) is 0.839. The lowest BCUT2D eigenvalue weighted by Crippen LogP contribution is -2.54. The highest BCUT2D eigenvalue weighted by Gasteiger charge is 2.40. The summed E-state index contributed by atoms with van der Waals surface area (Å²) in [5.41, 5.74) is 7.44. The Bertz CT molecular complexity index is 867. The van der Waals surface area contributed by atoms with Crippen molar-refractivity contribution in [1.82, 2.24) is 14.7 Å². The number of nitrogens with one attached hydrogen (secondary N) is 1. The molecule has 0 saturated heterocycles. The van der Waals surface area contributed by atoms with Gasteiger partial charge < -0.3 is 11.1 Å². The van der Waals surface area contributed by atoms with Gasteiger partial charge in [0, 0.05) is 24.5 Å². The van der Waals surface area contributed by atoms with E-state index in [9.17, 15) is 9.59 Å². The minimum absolute atomic E-state index is 0. The largest absolute Gasteiger partial charge is 0.349 e. The smallest absolute Gasteiger partial charge is 0.270 e. The van der Waals surface area contributed by atoms with Gasteiger partial charge in [-0.05, 0) is 56.1 Å². The molecule has 2 aromatic heterocycles. The number of amides is 1. The third-order valence-electron chi connectivity index (χ3n) is 5.77. The van der Waals surface area contributed by atoms with E-state index in [0.29, 0.717) is 17.5 Å². The number of fused-ring (bicyclic) bond motifs is 3. The first-order chi connectivity index (χ1) is 12.0. The van der Waals surface area contributed by atoms with Crippen molar-refractivity contribution in [2.75, 3.05) is 0 Å². The zero-order chi connectivity index (χ0) is 17.6. The van der Waals surface area contributed by atoms with Crippen molar-refractivity contribution in [3.05, 3.63) is 46.0 Å². The Hall–Kier alpha value is -1.92.